The lowest BCUT2D eigenvalue weighted by Gasteiger charge is -2.14. The van der Waals surface area contributed by atoms with E-state index in [4.69, 9.17) is 18.9 Å². The average molecular weight is 357 g/mol. The van der Waals surface area contributed by atoms with Crippen molar-refractivity contribution in [1.29, 1.82) is 0 Å². The molecular formula is C21H27NO4. The van der Waals surface area contributed by atoms with Crippen LogP contribution < -0.4 is 14.8 Å². The molecule has 2 aromatic rings. The van der Waals surface area contributed by atoms with Crippen molar-refractivity contribution in [2.24, 2.45) is 0 Å². The standard InChI is InChI=1S/C21H27NO4/c1-23-13-14-25-21-7-3-2-5-17(21)15-22-18-8-10-19(11-9-18)26-16-20-6-4-12-24-20/h2-3,5,7-11,20,22H,4,6,12-16H2,1H3. The van der Waals surface area contributed by atoms with E-state index in [-0.39, 0.29) is 6.10 Å². The van der Waals surface area contributed by atoms with E-state index in [1.165, 1.54) is 0 Å². The Morgan fingerprint density at radius 1 is 1.04 bits per heavy atom. The van der Waals surface area contributed by atoms with Crippen molar-refractivity contribution in [3.05, 3.63) is 54.1 Å². The molecule has 0 amide bonds. The summed E-state index contributed by atoms with van der Waals surface area (Å²) < 4.78 is 22.2. The van der Waals surface area contributed by atoms with E-state index < -0.39 is 0 Å². The van der Waals surface area contributed by atoms with E-state index in [1.54, 1.807) is 7.11 Å². The number of methoxy groups -OCH3 is 1. The van der Waals surface area contributed by atoms with Gasteiger partial charge in [0.2, 0.25) is 0 Å². The molecule has 26 heavy (non-hydrogen) atoms. The summed E-state index contributed by atoms with van der Waals surface area (Å²) in [6.45, 7) is 3.30. The zero-order valence-electron chi connectivity index (χ0n) is 15.3. The second kappa shape index (κ2) is 10.0. The van der Waals surface area contributed by atoms with Crippen LogP contribution in [0.15, 0.2) is 48.5 Å². The molecule has 1 aliphatic heterocycles. The van der Waals surface area contributed by atoms with Crippen molar-refractivity contribution >= 4 is 5.69 Å². The molecule has 0 aliphatic carbocycles. The molecule has 2 aromatic carbocycles. The van der Waals surface area contributed by atoms with Crippen LogP contribution >= 0.6 is 0 Å². The Bertz CT molecular complexity index is 653. The highest BCUT2D eigenvalue weighted by atomic mass is 16.5. The van der Waals surface area contributed by atoms with E-state index in [0.717, 1.165) is 42.2 Å². The average Bonchev–Trinajstić information content (AvgIpc) is 3.20. The summed E-state index contributed by atoms with van der Waals surface area (Å²) >= 11 is 0. The molecule has 0 aromatic heterocycles. The predicted octanol–water partition coefficient (Wildman–Crippen LogP) is 3.88. The first kappa shape index (κ1) is 18.5. The molecule has 0 radical (unpaired) electrons. The molecule has 1 fully saturated rings. The van der Waals surface area contributed by atoms with E-state index in [9.17, 15) is 0 Å². The normalized spacial score (nSPS) is 16.4. The van der Waals surface area contributed by atoms with Crippen LogP contribution in [-0.2, 0) is 16.0 Å². The molecule has 0 saturated carbocycles. The number of nitrogens with one attached hydrogen (secondary N) is 1. The van der Waals surface area contributed by atoms with Crippen LogP contribution in [-0.4, -0.2) is 39.6 Å². The van der Waals surface area contributed by atoms with Crippen molar-refractivity contribution in [1.82, 2.24) is 0 Å². The van der Waals surface area contributed by atoms with Gasteiger partial charge in [-0.1, -0.05) is 18.2 Å². The van der Waals surface area contributed by atoms with Crippen LogP contribution in [0, 0.1) is 0 Å². The third kappa shape index (κ3) is 5.64. The maximum Gasteiger partial charge on any atom is 0.124 e. The van der Waals surface area contributed by atoms with Crippen LogP contribution in [0.25, 0.3) is 0 Å². The summed E-state index contributed by atoms with van der Waals surface area (Å²) in [5, 5.41) is 3.42. The summed E-state index contributed by atoms with van der Waals surface area (Å²) in [6.07, 6.45) is 2.46. The van der Waals surface area contributed by atoms with Crippen molar-refractivity contribution in [2.45, 2.75) is 25.5 Å². The zero-order chi connectivity index (χ0) is 18.0. The highest BCUT2D eigenvalue weighted by Crippen LogP contribution is 2.22. The number of ether oxygens (including phenoxy) is 4. The quantitative estimate of drug-likeness (QED) is 0.654. The second-order valence-corrected chi connectivity index (χ2v) is 6.27. The van der Waals surface area contributed by atoms with E-state index in [0.29, 0.717) is 26.4 Å². The van der Waals surface area contributed by atoms with Gasteiger partial charge in [0.05, 0.1) is 12.7 Å². The summed E-state index contributed by atoms with van der Waals surface area (Å²) in [5.74, 6) is 1.75. The van der Waals surface area contributed by atoms with Crippen LogP contribution in [0.1, 0.15) is 18.4 Å². The maximum absolute atomic E-state index is 5.80. The Morgan fingerprint density at radius 2 is 1.88 bits per heavy atom. The van der Waals surface area contributed by atoms with E-state index in [2.05, 4.69) is 11.4 Å². The highest BCUT2D eigenvalue weighted by Gasteiger charge is 2.15. The first-order valence-corrected chi connectivity index (χ1v) is 9.13. The van der Waals surface area contributed by atoms with Crippen molar-refractivity contribution in [3.8, 4) is 11.5 Å². The largest absolute Gasteiger partial charge is 0.491 e. The van der Waals surface area contributed by atoms with Gasteiger partial charge in [-0.05, 0) is 43.2 Å². The predicted molar refractivity (Wildman–Crippen MR) is 102 cm³/mol. The number of benzene rings is 2. The van der Waals surface area contributed by atoms with Gasteiger partial charge < -0.3 is 24.3 Å². The fraction of sp³-hybridized carbons (Fsp3) is 0.429. The molecule has 5 heteroatoms. The van der Waals surface area contributed by atoms with Crippen molar-refractivity contribution in [2.75, 3.05) is 38.9 Å². The maximum atomic E-state index is 5.80. The SMILES string of the molecule is COCCOc1ccccc1CNc1ccc(OCC2CCCO2)cc1. The minimum absolute atomic E-state index is 0.238. The molecule has 1 atom stereocenters. The third-order valence-electron chi connectivity index (χ3n) is 4.31. The molecular weight excluding hydrogens is 330 g/mol. The van der Waals surface area contributed by atoms with Crippen LogP contribution in [0.5, 0.6) is 11.5 Å². The Labute approximate surface area is 155 Å². The summed E-state index contributed by atoms with van der Waals surface area (Å²) in [4.78, 5) is 0. The highest BCUT2D eigenvalue weighted by molar-refractivity contribution is 5.48. The Hall–Kier alpha value is -2.24. The van der Waals surface area contributed by atoms with Gasteiger partial charge in [-0.2, -0.15) is 0 Å². The van der Waals surface area contributed by atoms with Crippen molar-refractivity contribution in [3.63, 3.8) is 0 Å². The minimum atomic E-state index is 0.238. The summed E-state index contributed by atoms with van der Waals surface area (Å²) in [6, 6.07) is 16.1. The smallest absolute Gasteiger partial charge is 0.124 e. The Morgan fingerprint density at radius 3 is 2.65 bits per heavy atom. The number of rotatable bonds is 10. The molecule has 1 N–H and O–H groups in total. The molecule has 5 nitrogen and oxygen atoms in total. The second-order valence-electron chi connectivity index (χ2n) is 6.27. The van der Waals surface area contributed by atoms with Gasteiger partial charge in [0, 0.05) is 31.5 Å². The topological polar surface area (TPSA) is 49.0 Å². The number of hydrogen-bond donors (Lipinski definition) is 1. The fourth-order valence-corrected chi connectivity index (χ4v) is 2.86. The van der Waals surface area contributed by atoms with Gasteiger partial charge in [-0.3, -0.25) is 0 Å². The molecule has 0 spiro atoms. The number of anilines is 1. The first-order chi connectivity index (χ1) is 12.8. The van der Waals surface area contributed by atoms with Gasteiger partial charge in [-0.25, -0.2) is 0 Å². The van der Waals surface area contributed by atoms with Crippen LogP contribution in [0.2, 0.25) is 0 Å². The zero-order valence-corrected chi connectivity index (χ0v) is 15.3. The summed E-state index contributed by atoms with van der Waals surface area (Å²) in [7, 11) is 1.67. The molecule has 1 saturated heterocycles. The monoisotopic (exact) mass is 357 g/mol. The third-order valence-corrected chi connectivity index (χ3v) is 4.31. The molecule has 1 unspecified atom stereocenters. The van der Waals surface area contributed by atoms with Gasteiger partial charge in [0.1, 0.15) is 24.7 Å². The van der Waals surface area contributed by atoms with Crippen molar-refractivity contribution < 1.29 is 18.9 Å². The van der Waals surface area contributed by atoms with Gasteiger partial charge >= 0.3 is 0 Å². The van der Waals surface area contributed by atoms with Gasteiger partial charge in [0.15, 0.2) is 0 Å². The lowest BCUT2D eigenvalue weighted by atomic mass is 10.2. The van der Waals surface area contributed by atoms with Crippen LogP contribution in [0.4, 0.5) is 5.69 Å². The molecule has 0 bridgehead atoms. The molecule has 1 heterocycles. The van der Waals surface area contributed by atoms with E-state index in [1.807, 2.05) is 42.5 Å². The molecule has 3 rings (SSSR count). The van der Waals surface area contributed by atoms with Gasteiger partial charge in [-0.15, -0.1) is 0 Å². The Kier molecular flexibility index (Phi) is 7.16. The minimum Gasteiger partial charge on any atom is -0.491 e. The number of hydrogen-bond acceptors (Lipinski definition) is 5. The number of para-hydroxylation sites is 1. The molecule has 1 aliphatic rings. The lowest BCUT2D eigenvalue weighted by Crippen LogP contribution is -2.16. The molecule has 140 valence electrons. The van der Waals surface area contributed by atoms with Gasteiger partial charge in [0.25, 0.3) is 0 Å². The fourth-order valence-electron chi connectivity index (χ4n) is 2.86. The first-order valence-electron chi connectivity index (χ1n) is 9.13. The van der Waals surface area contributed by atoms with Crippen LogP contribution in [0.3, 0.4) is 0 Å². The Balaban J connectivity index is 1.48. The lowest BCUT2D eigenvalue weighted by molar-refractivity contribution is 0.0679. The summed E-state index contributed by atoms with van der Waals surface area (Å²) in [5.41, 5.74) is 2.16. The van der Waals surface area contributed by atoms with E-state index >= 15 is 0 Å².